The summed E-state index contributed by atoms with van der Waals surface area (Å²) in [5.74, 6) is 0. The highest BCUT2D eigenvalue weighted by Gasteiger charge is 1.93. The molecule has 0 saturated heterocycles. The summed E-state index contributed by atoms with van der Waals surface area (Å²) >= 11 is 0. The van der Waals surface area contributed by atoms with Crippen molar-refractivity contribution in [1.82, 2.24) is 0 Å². The first kappa shape index (κ1) is 1.69. The van der Waals surface area contributed by atoms with Gasteiger partial charge in [0.1, 0.15) is 12.0 Å². The second-order valence-electron chi connectivity index (χ2n) is 1.30. The smallest absolute Gasteiger partial charge is 0.168 e. The maximum absolute atomic E-state index is 7.85. The number of aromatic nitrogens is 1. The zero-order chi connectivity index (χ0) is 19.5. The van der Waals surface area contributed by atoms with E-state index in [4.69, 9.17) is 19.2 Å². The summed E-state index contributed by atoms with van der Waals surface area (Å²) in [6.45, 7) is -7.16. The van der Waals surface area contributed by atoms with E-state index in [1.807, 2.05) is 0 Å². The highest BCUT2D eigenvalue weighted by molar-refractivity contribution is 4.83. The first-order valence-corrected chi connectivity index (χ1v) is 2.42. The van der Waals surface area contributed by atoms with E-state index in [0.29, 0.717) is 0 Å². The summed E-state index contributed by atoms with van der Waals surface area (Å²) in [7, 11) is 0. The van der Waals surface area contributed by atoms with Gasteiger partial charge in [0, 0.05) is 28.1 Å². The summed E-state index contributed by atoms with van der Waals surface area (Å²) in [5, 5.41) is 0. The lowest BCUT2D eigenvalue weighted by molar-refractivity contribution is -0.697. The van der Waals surface area contributed by atoms with Crippen LogP contribution in [0, 0.1) is 0 Å². The summed E-state index contributed by atoms with van der Waals surface area (Å²) in [5.41, 5.74) is 0. The molecular weight excluding hydrogens is 158 g/mol. The van der Waals surface area contributed by atoms with Crippen molar-refractivity contribution in [3.05, 3.63) is 30.5 Å². The van der Waals surface area contributed by atoms with Gasteiger partial charge >= 0.3 is 0 Å². The molecule has 0 amide bonds. The predicted molar refractivity (Wildman–Crippen MR) is 41.5 cm³/mol. The molecule has 0 saturated carbocycles. The van der Waals surface area contributed by atoms with E-state index in [9.17, 15) is 0 Å². The summed E-state index contributed by atoms with van der Waals surface area (Å²) < 4.78 is 105. The number of pyridine rings is 1. The fourth-order valence-electron chi connectivity index (χ4n) is 0.367. The molecule has 0 N–H and O–H groups in total. The van der Waals surface area contributed by atoms with Crippen LogP contribution in [0.25, 0.3) is 0 Å². The second kappa shape index (κ2) is 6.17. The van der Waals surface area contributed by atoms with Crippen molar-refractivity contribution < 1.29 is 36.2 Å². The molecule has 1 aromatic rings. The Hall–Kier alpha value is -0.560. The van der Waals surface area contributed by atoms with E-state index in [2.05, 4.69) is 0 Å². The largest absolute Gasteiger partial charge is 1.00 e. The van der Waals surface area contributed by atoms with Gasteiger partial charge in [0.15, 0.2) is 12.3 Å². The van der Waals surface area contributed by atoms with Crippen LogP contribution in [0.5, 0.6) is 0 Å². The van der Waals surface area contributed by atoms with Crippen LogP contribution in [0.2, 0.25) is 0 Å². The highest BCUT2D eigenvalue weighted by Crippen LogP contribution is 1.85. The quantitative estimate of drug-likeness (QED) is 0.520. The standard InChI is InChI=1S/C9H14N.ClH/c1-2-3-7-10-8-5-4-6-9-10;/h4-6,8-9H,2-3,7H2,1H3;1H/q+1;/p-1/i1D3,2D2,3D2,4D,5D,6D,7D2,8D,9D;. The van der Waals surface area contributed by atoms with Gasteiger partial charge in [-0.3, -0.25) is 0 Å². The Morgan fingerprint density at radius 1 is 1.45 bits per heavy atom. The van der Waals surface area contributed by atoms with Gasteiger partial charge in [-0.1, -0.05) is 19.3 Å². The van der Waals surface area contributed by atoms with Crippen molar-refractivity contribution in [3.63, 3.8) is 0 Å². The van der Waals surface area contributed by atoms with Crippen LogP contribution in [0.15, 0.2) is 30.5 Å². The van der Waals surface area contributed by atoms with Crippen molar-refractivity contribution in [2.45, 2.75) is 26.1 Å². The molecule has 2 heteroatoms. The predicted octanol–water partition coefficient (Wildman–Crippen LogP) is -1.22. The van der Waals surface area contributed by atoms with Crippen LogP contribution in [-0.4, -0.2) is 0 Å². The molecular formula is C9H14ClN. The third kappa shape index (κ3) is 3.99. The van der Waals surface area contributed by atoms with Gasteiger partial charge in [-0.2, -0.15) is 0 Å². The number of rotatable bonds is 3. The number of hydrogen-bond acceptors (Lipinski definition) is 0. The van der Waals surface area contributed by atoms with Crippen molar-refractivity contribution in [3.8, 4) is 0 Å². The molecule has 11 heavy (non-hydrogen) atoms. The maximum Gasteiger partial charge on any atom is 0.168 e. The average Bonchev–Trinajstić information content (AvgIpc) is 2.41. The van der Waals surface area contributed by atoms with Crippen LogP contribution in [-0.2, 0) is 6.50 Å². The van der Waals surface area contributed by atoms with E-state index < -0.39 is 56.6 Å². The van der Waals surface area contributed by atoms with Crippen LogP contribution in [0.4, 0.5) is 0 Å². The zero-order valence-electron chi connectivity index (χ0n) is 19.3. The van der Waals surface area contributed by atoms with Gasteiger partial charge in [0.05, 0.1) is 4.11 Å². The SMILES string of the molecule is [2H]c1c([2H])c([2H])[n+](C([2H])([2H])C([2H])([2H])C([2H])([2H])C([2H])([2H])[2H])c([2H])c1[2H].[Cl-]. The normalized spacial score (nSPS) is 32.4. The Balaban J connectivity index is 0.00000576. The van der Waals surface area contributed by atoms with Crippen LogP contribution >= 0.6 is 0 Å². The lowest BCUT2D eigenvalue weighted by Crippen LogP contribution is -3.00. The van der Waals surface area contributed by atoms with E-state index >= 15 is 0 Å². The van der Waals surface area contributed by atoms with Gasteiger partial charge in [0.25, 0.3) is 0 Å². The Morgan fingerprint density at radius 3 is 2.82 bits per heavy atom. The molecule has 0 atom stereocenters. The van der Waals surface area contributed by atoms with Gasteiger partial charge in [0.2, 0.25) is 0 Å². The molecule has 1 rings (SSSR count). The minimum absolute atomic E-state index is 0. The molecule has 0 aliphatic rings. The van der Waals surface area contributed by atoms with Crippen molar-refractivity contribution in [2.24, 2.45) is 0 Å². The van der Waals surface area contributed by atoms with Crippen LogP contribution in [0.1, 0.15) is 38.8 Å². The molecule has 0 aromatic carbocycles. The lowest BCUT2D eigenvalue weighted by Gasteiger charge is -1.91. The topological polar surface area (TPSA) is 3.88 Å². The average molecular weight is 186 g/mol. The molecule has 0 aliphatic carbocycles. The summed E-state index contributed by atoms with van der Waals surface area (Å²) in [6.07, 6.45) is -9.75. The molecule has 0 aliphatic heterocycles. The molecule has 1 aromatic heterocycles. The fourth-order valence-corrected chi connectivity index (χ4v) is 0.367. The minimum atomic E-state index is -3.76. The number of hydrogen-bond donors (Lipinski definition) is 0. The van der Waals surface area contributed by atoms with Crippen molar-refractivity contribution in [2.75, 3.05) is 0 Å². The molecule has 0 radical (unpaired) electrons. The van der Waals surface area contributed by atoms with Gasteiger partial charge in [-0.25, -0.2) is 4.57 Å². The second-order valence-corrected chi connectivity index (χ2v) is 1.30. The zero-order valence-corrected chi connectivity index (χ0v) is 6.08. The molecule has 62 valence electrons. The Labute approximate surface area is 94.1 Å². The highest BCUT2D eigenvalue weighted by atomic mass is 35.5. The number of halogens is 1. The minimum Gasteiger partial charge on any atom is -1.00 e. The first-order valence-electron chi connectivity index (χ1n) is 9.42. The molecule has 0 spiro atoms. The molecule has 0 unspecified atom stereocenters. The maximum atomic E-state index is 7.85. The van der Waals surface area contributed by atoms with Crippen LogP contribution < -0.4 is 17.0 Å². The van der Waals surface area contributed by atoms with Gasteiger partial charge in [-0.15, -0.1) is 0 Å². The van der Waals surface area contributed by atoms with E-state index in [1.54, 1.807) is 0 Å². The van der Waals surface area contributed by atoms with Gasteiger partial charge in [-0.05, 0) is 0 Å². The Kier molecular flexibility index (Phi) is 0.950. The van der Waals surface area contributed by atoms with E-state index in [1.165, 1.54) is 0 Å². The molecule has 1 nitrogen and oxygen atoms in total. The van der Waals surface area contributed by atoms with Crippen LogP contribution in [0.3, 0.4) is 0 Å². The van der Waals surface area contributed by atoms with Crippen molar-refractivity contribution >= 4 is 0 Å². The molecule has 0 fully saturated rings. The Bertz CT molecular complexity index is 636. The van der Waals surface area contributed by atoms with E-state index in [0.717, 1.165) is 0 Å². The fraction of sp³-hybridized carbons (Fsp3) is 0.444. The number of nitrogens with zero attached hydrogens (tertiary/aromatic N) is 1. The summed E-state index contributed by atoms with van der Waals surface area (Å²) in [4.78, 5) is 0. The van der Waals surface area contributed by atoms with E-state index in [-0.39, 0.29) is 17.0 Å². The monoisotopic (exact) mass is 185 g/mol. The molecule has 0 bridgehead atoms. The lowest BCUT2D eigenvalue weighted by atomic mass is 10.3. The third-order valence-corrected chi connectivity index (χ3v) is 0.691. The van der Waals surface area contributed by atoms with Gasteiger partial charge < -0.3 is 12.4 Å². The molecule has 1 heterocycles. The summed E-state index contributed by atoms with van der Waals surface area (Å²) in [6, 6.07) is -2.79. The first-order chi connectivity index (χ1) is 10.4. The van der Waals surface area contributed by atoms with Crippen molar-refractivity contribution in [1.29, 1.82) is 0 Å². The third-order valence-electron chi connectivity index (χ3n) is 0.691. The Morgan fingerprint density at radius 2 is 2.18 bits per heavy atom.